The van der Waals surface area contributed by atoms with Gasteiger partial charge in [-0.25, -0.2) is 4.79 Å². The molecule has 1 fully saturated rings. The van der Waals surface area contributed by atoms with Gasteiger partial charge in [0.2, 0.25) is 0 Å². The van der Waals surface area contributed by atoms with E-state index in [0.29, 0.717) is 0 Å². The van der Waals surface area contributed by atoms with Crippen LogP contribution < -0.4 is 5.32 Å². The van der Waals surface area contributed by atoms with Gasteiger partial charge in [0, 0.05) is 25.9 Å². The van der Waals surface area contributed by atoms with Gasteiger partial charge in [-0.1, -0.05) is 0 Å². The molecule has 0 aromatic carbocycles. The van der Waals surface area contributed by atoms with Crippen molar-refractivity contribution in [2.75, 3.05) is 7.05 Å². The Morgan fingerprint density at radius 2 is 2.29 bits per heavy atom. The highest BCUT2D eigenvalue weighted by molar-refractivity contribution is 6.05. The summed E-state index contributed by atoms with van der Waals surface area (Å²) in [4.78, 5) is 12.7. The van der Waals surface area contributed by atoms with Crippen LogP contribution in [-0.2, 0) is 7.05 Å². The molecule has 1 aromatic rings. The molecule has 0 spiro atoms. The number of likely N-dealkylation sites (N-methyl/N-ethyl adjacent to an activating group) is 1. The van der Waals surface area contributed by atoms with Crippen LogP contribution in [0.2, 0.25) is 0 Å². The fourth-order valence-electron chi connectivity index (χ4n) is 1.55. The van der Waals surface area contributed by atoms with Crippen molar-refractivity contribution >= 4 is 11.9 Å². The number of hydrogen-bond donors (Lipinski definition) is 2. The molecule has 1 unspecified atom stereocenters. The van der Waals surface area contributed by atoms with Gasteiger partial charge in [0.15, 0.2) is 0 Å². The first-order valence-electron chi connectivity index (χ1n) is 4.20. The molecule has 0 bridgehead atoms. The molecule has 1 aromatic heterocycles. The Labute approximate surface area is 81.0 Å². The van der Waals surface area contributed by atoms with Crippen LogP contribution in [0.5, 0.6) is 0 Å². The first-order chi connectivity index (χ1) is 6.59. The largest absolute Gasteiger partial charge is 0.323 e. The number of aromatic nitrogens is 2. The molecule has 2 amide bonds. The molecule has 14 heavy (non-hydrogen) atoms. The number of nitrogens with zero attached hydrogens (tertiary/aromatic N) is 3. The fourth-order valence-corrected chi connectivity index (χ4v) is 1.55. The normalized spacial score (nSPS) is 21.6. The molecule has 6 nitrogen and oxygen atoms in total. The van der Waals surface area contributed by atoms with Crippen molar-refractivity contribution in [1.29, 1.82) is 5.41 Å². The van der Waals surface area contributed by atoms with E-state index in [2.05, 4.69) is 10.4 Å². The average molecular weight is 193 g/mol. The van der Waals surface area contributed by atoms with E-state index in [9.17, 15) is 4.79 Å². The number of nitrogens with one attached hydrogen (secondary N) is 2. The van der Waals surface area contributed by atoms with Crippen molar-refractivity contribution in [3.05, 3.63) is 18.0 Å². The molecule has 1 aliphatic heterocycles. The van der Waals surface area contributed by atoms with Crippen molar-refractivity contribution in [2.24, 2.45) is 7.05 Å². The lowest BCUT2D eigenvalue weighted by atomic mass is 10.1. The third kappa shape index (κ3) is 1.15. The number of hydrogen-bond acceptors (Lipinski definition) is 3. The zero-order valence-electron chi connectivity index (χ0n) is 7.98. The lowest BCUT2D eigenvalue weighted by Crippen LogP contribution is -2.25. The molecule has 2 heterocycles. The Morgan fingerprint density at radius 1 is 1.57 bits per heavy atom. The van der Waals surface area contributed by atoms with Gasteiger partial charge in [0.25, 0.3) is 0 Å². The topological polar surface area (TPSA) is 74.0 Å². The highest BCUT2D eigenvalue weighted by atomic mass is 16.2. The summed E-state index contributed by atoms with van der Waals surface area (Å²) in [5, 5.41) is 14.1. The maximum Gasteiger partial charge on any atom is 0.323 e. The Kier molecular flexibility index (Phi) is 1.77. The van der Waals surface area contributed by atoms with Gasteiger partial charge in [-0.2, -0.15) is 5.10 Å². The van der Waals surface area contributed by atoms with Gasteiger partial charge in [0.05, 0.1) is 6.20 Å². The van der Waals surface area contributed by atoms with Crippen molar-refractivity contribution in [1.82, 2.24) is 20.0 Å². The average Bonchev–Trinajstić information content (AvgIpc) is 2.60. The van der Waals surface area contributed by atoms with Gasteiger partial charge >= 0.3 is 6.03 Å². The molecule has 0 radical (unpaired) electrons. The van der Waals surface area contributed by atoms with Gasteiger partial charge < -0.3 is 4.90 Å². The van der Waals surface area contributed by atoms with E-state index in [0.717, 1.165) is 5.56 Å². The predicted molar refractivity (Wildman–Crippen MR) is 50.0 cm³/mol. The van der Waals surface area contributed by atoms with Crippen LogP contribution in [0.15, 0.2) is 12.4 Å². The molecule has 74 valence electrons. The summed E-state index contributed by atoms with van der Waals surface area (Å²) >= 11 is 0. The Balaban J connectivity index is 2.35. The van der Waals surface area contributed by atoms with Crippen LogP contribution in [0.1, 0.15) is 11.6 Å². The van der Waals surface area contributed by atoms with Crippen molar-refractivity contribution in [3.8, 4) is 0 Å². The maximum atomic E-state index is 11.2. The molecule has 2 rings (SSSR count). The number of rotatable bonds is 1. The van der Waals surface area contributed by atoms with Crippen LogP contribution in [0.25, 0.3) is 0 Å². The Morgan fingerprint density at radius 3 is 2.71 bits per heavy atom. The summed E-state index contributed by atoms with van der Waals surface area (Å²) in [6.07, 6.45) is 3.46. The summed E-state index contributed by atoms with van der Waals surface area (Å²) in [6.45, 7) is 0. The molecule has 1 aliphatic rings. The highest BCUT2D eigenvalue weighted by Crippen LogP contribution is 2.23. The third-order valence-corrected chi connectivity index (χ3v) is 2.26. The van der Waals surface area contributed by atoms with Gasteiger partial charge in [-0.3, -0.25) is 15.4 Å². The lowest BCUT2D eigenvalue weighted by molar-refractivity contribution is 0.217. The molecular formula is C8H11N5O. The van der Waals surface area contributed by atoms with Crippen LogP contribution in [0.3, 0.4) is 0 Å². The van der Waals surface area contributed by atoms with Gasteiger partial charge in [0.1, 0.15) is 11.9 Å². The van der Waals surface area contributed by atoms with E-state index >= 15 is 0 Å². The smallest absolute Gasteiger partial charge is 0.313 e. The number of aryl methyl sites for hydroxylation is 1. The predicted octanol–water partition coefficient (Wildman–Crippen LogP) is 0.0935. The minimum absolute atomic E-state index is 0.200. The second kappa shape index (κ2) is 2.83. The van der Waals surface area contributed by atoms with E-state index < -0.39 is 0 Å². The molecule has 1 atom stereocenters. The molecule has 2 N–H and O–H groups in total. The summed E-state index contributed by atoms with van der Waals surface area (Å²) in [5.74, 6) is 0.200. The monoisotopic (exact) mass is 193 g/mol. The van der Waals surface area contributed by atoms with E-state index in [4.69, 9.17) is 5.41 Å². The first-order valence-corrected chi connectivity index (χ1v) is 4.20. The third-order valence-electron chi connectivity index (χ3n) is 2.26. The van der Waals surface area contributed by atoms with Crippen LogP contribution >= 0.6 is 0 Å². The number of amidine groups is 1. The Hall–Kier alpha value is -1.85. The summed E-state index contributed by atoms with van der Waals surface area (Å²) < 4.78 is 1.65. The zero-order chi connectivity index (χ0) is 10.3. The second-order valence-electron chi connectivity index (χ2n) is 3.30. The van der Waals surface area contributed by atoms with Gasteiger partial charge in [-0.15, -0.1) is 0 Å². The van der Waals surface area contributed by atoms with Gasteiger partial charge in [-0.05, 0) is 0 Å². The lowest BCUT2D eigenvalue weighted by Gasteiger charge is -2.15. The second-order valence-corrected chi connectivity index (χ2v) is 3.30. The van der Waals surface area contributed by atoms with Crippen LogP contribution in [-0.4, -0.2) is 33.6 Å². The highest BCUT2D eigenvalue weighted by Gasteiger charge is 2.34. The van der Waals surface area contributed by atoms with Crippen molar-refractivity contribution in [3.63, 3.8) is 0 Å². The SMILES string of the molecule is CN1C(=O)NC(=N)C1c1cnn(C)c1. The number of urea groups is 1. The number of carbonyl (C=O) groups excluding carboxylic acids is 1. The van der Waals surface area contributed by atoms with Crippen LogP contribution in [0.4, 0.5) is 4.79 Å². The zero-order valence-corrected chi connectivity index (χ0v) is 7.98. The molecular weight excluding hydrogens is 182 g/mol. The fraction of sp³-hybridized carbons (Fsp3) is 0.375. The standard InChI is InChI=1S/C8H11N5O/c1-12-4-5(3-10-12)6-7(9)11-8(14)13(6)2/h3-4,6H,1-2H3,(H2,9,11,14). The van der Waals surface area contributed by atoms with Crippen LogP contribution in [0, 0.1) is 5.41 Å². The Bertz CT molecular complexity index is 396. The number of amides is 2. The van der Waals surface area contributed by atoms with Crippen molar-refractivity contribution < 1.29 is 4.79 Å². The minimum atomic E-state index is -0.323. The molecule has 0 aliphatic carbocycles. The quantitative estimate of drug-likeness (QED) is 0.663. The molecule has 0 saturated carbocycles. The summed E-state index contributed by atoms with van der Waals surface area (Å²) in [6, 6.07) is -0.569. The van der Waals surface area contributed by atoms with E-state index in [1.54, 1.807) is 31.2 Å². The summed E-state index contributed by atoms with van der Waals surface area (Å²) in [5.41, 5.74) is 0.846. The van der Waals surface area contributed by atoms with E-state index in [1.165, 1.54) is 4.90 Å². The number of carbonyl (C=O) groups is 1. The van der Waals surface area contributed by atoms with Crippen molar-refractivity contribution in [2.45, 2.75) is 6.04 Å². The van der Waals surface area contributed by atoms with E-state index in [1.807, 2.05) is 0 Å². The molecule has 1 saturated heterocycles. The van der Waals surface area contributed by atoms with E-state index in [-0.39, 0.29) is 17.9 Å². The summed E-state index contributed by atoms with van der Waals surface area (Å²) in [7, 11) is 3.46. The maximum absolute atomic E-state index is 11.2. The first kappa shape index (κ1) is 8.74. The minimum Gasteiger partial charge on any atom is -0.313 e. The molecule has 6 heteroatoms.